The Hall–Kier alpha value is -3.44. The van der Waals surface area contributed by atoms with Gasteiger partial charge in [-0.2, -0.15) is 0 Å². The van der Waals surface area contributed by atoms with Crippen LogP contribution < -0.4 is 0 Å². The zero-order valence-corrected chi connectivity index (χ0v) is 46.0. The first-order valence-corrected chi connectivity index (χ1v) is 29.4. The van der Waals surface area contributed by atoms with E-state index in [-0.39, 0.29) is 25.2 Å². The predicted octanol–water partition coefficient (Wildman–Crippen LogP) is 20.3. The van der Waals surface area contributed by atoms with Crippen molar-refractivity contribution in [1.29, 1.82) is 0 Å². The SMILES string of the molecule is CC/C=C\C/C=C\C/C=C\C/C=C\C/C=C\CCCC(=O)OCC(COCCCCCCCCCCCC/C=C\C/C=C\CCCCC)OC(=O)CCCCCCCCC/C=C\C/C=C\CCCCC. The lowest BCUT2D eigenvalue weighted by molar-refractivity contribution is -0.163. The van der Waals surface area contributed by atoms with Gasteiger partial charge in [-0.15, -0.1) is 0 Å². The molecular weight excluding hydrogens is 861 g/mol. The Morgan fingerprint density at radius 1 is 0.329 bits per heavy atom. The fraction of sp³-hybridized carbons (Fsp3) is 0.692. The lowest BCUT2D eigenvalue weighted by Gasteiger charge is -2.18. The molecule has 0 aliphatic rings. The summed E-state index contributed by atoms with van der Waals surface area (Å²) in [5.74, 6) is -0.474. The third kappa shape index (κ3) is 57.1. The van der Waals surface area contributed by atoms with Crippen LogP contribution in [-0.4, -0.2) is 37.9 Å². The molecule has 1 unspecified atom stereocenters. The molecule has 0 aromatic heterocycles. The maximum Gasteiger partial charge on any atom is 0.306 e. The number of ether oxygens (including phenoxy) is 3. The molecule has 0 spiro atoms. The minimum absolute atomic E-state index is 0.0464. The molecule has 0 aliphatic carbocycles. The zero-order valence-electron chi connectivity index (χ0n) is 46.0. The summed E-state index contributed by atoms with van der Waals surface area (Å²) < 4.78 is 17.4. The first-order chi connectivity index (χ1) is 34.6. The Balaban J connectivity index is 4.38. The molecule has 1 atom stereocenters. The van der Waals surface area contributed by atoms with Gasteiger partial charge in [-0.1, -0.05) is 239 Å². The molecule has 0 radical (unpaired) electrons. The molecule has 0 heterocycles. The number of rotatable bonds is 53. The van der Waals surface area contributed by atoms with Crippen LogP contribution in [0.5, 0.6) is 0 Å². The van der Waals surface area contributed by atoms with Gasteiger partial charge in [0.05, 0.1) is 6.61 Å². The maximum absolute atomic E-state index is 12.9. The molecule has 0 N–H and O–H groups in total. The van der Waals surface area contributed by atoms with Crippen molar-refractivity contribution < 1.29 is 23.8 Å². The first-order valence-electron chi connectivity index (χ1n) is 29.4. The second-order valence-corrected chi connectivity index (χ2v) is 19.2. The normalized spacial score (nSPS) is 13.0. The summed E-state index contributed by atoms with van der Waals surface area (Å²) >= 11 is 0. The zero-order chi connectivity index (χ0) is 50.6. The van der Waals surface area contributed by atoms with Gasteiger partial charge in [0.1, 0.15) is 6.61 Å². The fourth-order valence-electron chi connectivity index (χ4n) is 7.90. The molecule has 0 aromatic rings. The highest BCUT2D eigenvalue weighted by Crippen LogP contribution is 2.14. The third-order valence-electron chi connectivity index (χ3n) is 12.3. The summed E-state index contributed by atoms with van der Waals surface area (Å²) in [6.07, 6.45) is 82.6. The first kappa shape index (κ1) is 66.6. The van der Waals surface area contributed by atoms with Crippen molar-refractivity contribution in [3.05, 3.63) is 109 Å². The number of hydrogen-bond donors (Lipinski definition) is 0. The predicted molar refractivity (Wildman–Crippen MR) is 306 cm³/mol. The van der Waals surface area contributed by atoms with E-state index < -0.39 is 6.10 Å². The third-order valence-corrected chi connectivity index (χ3v) is 12.3. The van der Waals surface area contributed by atoms with Gasteiger partial charge in [0.2, 0.25) is 0 Å². The highest BCUT2D eigenvalue weighted by molar-refractivity contribution is 5.70. The van der Waals surface area contributed by atoms with Crippen LogP contribution in [0, 0.1) is 0 Å². The Bertz CT molecular complexity index is 1380. The molecule has 0 saturated heterocycles. The van der Waals surface area contributed by atoms with Gasteiger partial charge in [0, 0.05) is 19.4 Å². The number of unbranched alkanes of at least 4 members (excludes halogenated alkanes) is 24. The van der Waals surface area contributed by atoms with Gasteiger partial charge < -0.3 is 14.2 Å². The molecule has 0 fully saturated rings. The molecule has 5 nitrogen and oxygen atoms in total. The van der Waals surface area contributed by atoms with E-state index in [9.17, 15) is 9.59 Å². The van der Waals surface area contributed by atoms with E-state index in [1.54, 1.807) is 0 Å². The summed E-state index contributed by atoms with van der Waals surface area (Å²) in [4.78, 5) is 25.5. The van der Waals surface area contributed by atoms with Crippen LogP contribution in [-0.2, 0) is 23.8 Å². The van der Waals surface area contributed by atoms with Crippen molar-refractivity contribution in [2.45, 2.75) is 271 Å². The molecule has 70 heavy (non-hydrogen) atoms. The highest BCUT2D eigenvalue weighted by atomic mass is 16.6. The van der Waals surface area contributed by atoms with Crippen molar-refractivity contribution in [2.75, 3.05) is 19.8 Å². The Labute approximate surface area is 434 Å². The van der Waals surface area contributed by atoms with E-state index in [2.05, 4.69) is 130 Å². The molecule has 0 aliphatic heterocycles. The van der Waals surface area contributed by atoms with Crippen LogP contribution >= 0.6 is 0 Å². The Morgan fingerprint density at radius 3 is 1.07 bits per heavy atom. The number of hydrogen-bond acceptors (Lipinski definition) is 5. The standard InChI is InChI=1S/C65H110O5/c1-4-7-10-13-16-19-22-25-28-31-32-33-36-39-42-45-48-51-54-57-60-68-61-63(70-65(67)59-56-53-50-47-44-41-38-35-30-27-24-21-18-15-12-9-6-3)62-69-64(66)58-55-52-49-46-43-40-37-34-29-26-23-20-17-14-11-8-5-2/h8,11,16-21,25-30,37,40,46,49,63H,4-7,9-10,12-15,22-24,31-36,38-39,41-45,47-48,50-62H2,1-3H3/b11-8-,19-16-,20-17-,21-18-,28-25-,29-26-,30-27-,40-37-,49-46-. The number of allylic oxidation sites excluding steroid dienone is 18. The summed E-state index contributed by atoms with van der Waals surface area (Å²) in [6.45, 7) is 7.60. The van der Waals surface area contributed by atoms with E-state index in [1.807, 2.05) is 0 Å². The second kappa shape index (κ2) is 59.9. The largest absolute Gasteiger partial charge is 0.462 e. The number of carbonyl (C=O) groups excluding carboxylic acids is 2. The maximum atomic E-state index is 12.9. The van der Waals surface area contributed by atoms with Crippen molar-refractivity contribution in [2.24, 2.45) is 0 Å². The molecule has 0 amide bonds. The Morgan fingerprint density at radius 2 is 0.657 bits per heavy atom. The van der Waals surface area contributed by atoms with Gasteiger partial charge >= 0.3 is 11.9 Å². The molecule has 0 saturated carbocycles. The lowest BCUT2D eigenvalue weighted by atomic mass is 10.1. The quantitative estimate of drug-likeness (QED) is 0.0345. The van der Waals surface area contributed by atoms with Crippen molar-refractivity contribution >= 4 is 11.9 Å². The molecule has 0 rings (SSSR count). The van der Waals surface area contributed by atoms with Crippen LogP contribution in [0.1, 0.15) is 265 Å². The van der Waals surface area contributed by atoms with E-state index in [0.717, 1.165) is 96.3 Å². The average Bonchev–Trinajstić information content (AvgIpc) is 3.36. The van der Waals surface area contributed by atoms with Crippen LogP contribution in [0.3, 0.4) is 0 Å². The Kier molecular flexibility index (Phi) is 56.9. The van der Waals surface area contributed by atoms with Gasteiger partial charge in [0.25, 0.3) is 0 Å². The van der Waals surface area contributed by atoms with E-state index >= 15 is 0 Å². The van der Waals surface area contributed by atoms with Crippen molar-refractivity contribution in [3.8, 4) is 0 Å². The van der Waals surface area contributed by atoms with Gasteiger partial charge in [-0.25, -0.2) is 0 Å². The topological polar surface area (TPSA) is 61.8 Å². The van der Waals surface area contributed by atoms with E-state index in [4.69, 9.17) is 14.2 Å². The molecule has 5 heteroatoms. The number of esters is 2. The van der Waals surface area contributed by atoms with Gasteiger partial charge in [-0.05, 0) is 122 Å². The van der Waals surface area contributed by atoms with Crippen LogP contribution in [0.2, 0.25) is 0 Å². The van der Waals surface area contributed by atoms with Gasteiger partial charge in [0.15, 0.2) is 6.10 Å². The molecule has 0 bridgehead atoms. The smallest absolute Gasteiger partial charge is 0.306 e. The van der Waals surface area contributed by atoms with E-state index in [1.165, 1.54) is 135 Å². The lowest BCUT2D eigenvalue weighted by Crippen LogP contribution is -2.30. The van der Waals surface area contributed by atoms with Crippen LogP contribution in [0.25, 0.3) is 0 Å². The van der Waals surface area contributed by atoms with Gasteiger partial charge in [-0.3, -0.25) is 9.59 Å². The second-order valence-electron chi connectivity index (χ2n) is 19.2. The molecular formula is C65H110O5. The minimum atomic E-state index is -0.573. The van der Waals surface area contributed by atoms with Crippen LogP contribution in [0.4, 0.5) is 0 Å². The van der Waals surface area contributed by atoms with Crippen molar-refractivity contribution in [1.82, 2.24) is 0 Å². The number of carbonyl (C=O) groups is 2. The molecule has 0 aromatic carbocycles. The summed E-state index contributed by atoms with van der Waals surface area (Å²) in [5, 5.41) is 0. The fourth-order valence-corrected chi connectivity index (χ4v) is 7.90. The summed E-state index contributed by atoms with van der Waals surface area (Å²) in [5.41, 5.74) is 0. The van der Waals surface area contributed by atoms with Crippen molar-refractivity contribution in [3.63, 3.8) is 0 Å². The monoisotopic (exact) mass is 971 g/mol. The van der Waals surface area contributed by atoms with Crippen LogP contribution in [0.15, 0.2) is 109 Å². The summed E-state index contributed by atoms with van der Waals surface area (Å²) in [6, 6.07) is 0. The van der Waals surface area contributed by atoms with E-state index in [0.29, 0.717) is 19.4 Å². The average molecular weight is 972 g/mol. The minimum Gasteiger partial charge on any atom is -0.462 e. The highest BCUT2D eigenvalue weighted by Gasteiger charge is 2.17. The summed E-state index contributed by atoms with van der Waals surface area (Å²) in [7, 11) is 0. The molecule has 400 valence electrons.